The van der Waals surface area contributed by atoms with Crippen molar-refractivity contribution in [3.05, 3.63) is 64.7 Å². The van der Waals surface area contributed by atoms with Crippen LogP contribution in [0.1, 0.15) is 24.0 Å². The Balaban J connectivity index is 1.62. The van der Waals surface area contributed by atoms with Gasteiger partial charge in [0.1, 0.15) is 12.6 Å². The Morgan fingerprint density at radius 3 is 2.77 bits per heavy atom. The number of halogens is 1. The van der Waals surface area contributed by atoms with Crippen molar-refractivity contribution in [3.8, 4) is 0 Å². The summed E-state index contributed by atoms with van der Waals surface area (Å²) in [5.74, 6) is -0.218. The molecular formula is C20H21ClN2O3. The zero-order valence-corrected chi connectivity index (χ0v) is 15.3. The van der Waals surface area contributed by atoms with Crippen molar-refractivity contribution in [2.45, 2.75) is 32.4 Å². The van der Waals surface area contributed by atoms with Gasteiger partial charge in [0.05, 0.1) is 0 Å². The first-order valence-corrected chi connectivity index (χ1v) is 8.97. The molecule has 1 aliphatic rings. The van der Waals surface area contributed by atoms with Crippen molar-refractivity contribution in [2.24, 2.45) is 0 Å². The highest BCUT2D eigenvalue weighted by atomic mass is 35.5. The van der Waals surface area contributed by atoms with Crippen LogP contribution in [0.2, 0.25) is 5.02 Å². The van der Waals surface area contributed by atoms with E-state index in [9.17, 15) is 9.59 Å². The van der Waals surface area contributed by atoms with Gasteiger partial charge < -0.3 is 10.1 Å². The van der Waals surface area contributed by atoms with Crippen LogP contribution < -0.4 is 5.32 Å². The summed E-state index contributed by atoms with van der Waals surface area (Å²) in [4.78, 5) is 26.6. The van der Waals surface area contributed by atoms with Crippen LogP contribution in [-0.4, -0.2) is 29.5 Å². The summed E-state index contributed by atoms with van der Waals surface area (Å²) in [7, 11) is 0. The topological polar surface area (TPSA) is 58.6 Å². The molecule has 6 heteroatoms. The molecule has 136 valence electrons. The molecule has 3 rings (SSSR count). The van der Waals surface area contributed by atoms with E-state index in [1.165, 1.54) is 4.90 Å². The molecule has 2 aromatic rings. The highest BCUT2D eigenvalue weighted by Crippen LogP contribution is 2.24. The molecule has 0 bridgehead atoms. The molecule has 1 heterocycles. The molecular weight excluding hydrogens is 352 g/mol. The predicted molar refractivity (Wildman–Crippen MR) is 101 cm³/mol. The number of hydrogen-bond acceptors (Lipinski definition) is 3. The molecule has 5 nitrogen and oxygen atoms in total. The maximum Gasteiger partial charge on any atom is 0.410 e. The van der Waals surface area contributed by atoms with E-state index in [0.29, 0.717) is 23.7 Å². The second-order valence-electron chi connectivity index (χ2n) is 6.34. The van der Waals surface area contributed by atoms with Crippen LogP contribution in [-0.2, 0) is 16.1 Å². The average Bonchev–Trinajstić information content (AvgIpc) is 3.13. The van der Waals surface area contributed by atoms with Crippen molar-refractivity contribution >= 4 is 29.3 Å². The Labute approximate surface area is 157 Å². The van der Waals surface area contributed by atoms with Gasteiger partial charge in [0, 0.05) is 17.3 Å². The third-order valence-corrected chi connectivity index (χ3v) is 4.69. The third-order valence-electron chi connectivity index (χ3n) is 4.45. The summed E-state index contributed by atoms with van der Waals surface area (Å²) in [5, 5.41) is 3.43. The van der Waals surface area contributed by atoms with E-state index in [-0.39, 0.29) is 12.5 Å². The molecule has 1 N–H and O–H groups in total. The van der Waals surface area contributed by atoms with Gasteiger partial charge in [0.25, 0.3) is 0 Å². The fourth-order valence-corrected chi connectivity index (χ4v) is 3.18. The van der Waals surface area contributed by atoms with Crippen LogP contribution in [0.5, 0.6) is 0 Å². The van der Waals surface area contributed by atoms with E-state index < -0.39 is 12.1 Å². The van der Waals surface area contributed by atoms with Crippen LogP contribution in [0.15, 0.2) is 48.5 Å². The first-order valence-electron chi connectivity index (χ1n) is 8.59. The minimum absolute atomic E-state index is 0.192. The fraction of sp³-hybridized carbons (Fsp3) is 0.300. The van der Waals surface area contributed by atoms with E-state index in [0.717, 1.165) is 17.5 Å². The third kappa shape index (κ3) is 4.35. The van der Waals surface area contributed by atoms with E-state index in [1.807, 2.05) is 43.3 Å². The van der Waals surface area contributed by atoms with E-state index >= 15 is 0 Å². The van der Waals surface area contributed by atoms with Gasteiger partial charge in [-0.3, -0.25) is 9.69 Å². The Hall–Kier alpha value is -2.53. The van der Waals surface area contributed by atoms with E-state index in [4.69, 9.17) is 16.3 Å². The summed E-state index contributed by atoms with van der Waals surface area (Å²) >= 11 is 6.00. The lowest BCUT2D eigenvalue weighted by atomic mass is 10.1. The summed E-state index contributed by atoms with van der Waals surface area (Å²) in [6.45, 7) is 2.60. The number of hydrogen-bond donors (Lipinski definition) is 1. The maximum absolute atomic E-state index is 12.7. The predicted octanol–water partition coefficient (Wildman–Crippen LogP) is 4.39. The van der Waals surface area contributed by atoms with Gasteiger partial charge in [0.2, 0.25) is 5.91 Å². The number of benzene rings is 2. The van der Waals surface area contributed by atoms with Crippen LogP contribution in [0.25, 0.3) is 0 Å². The van der Waals surface area contributed by atoms with Crippen molar-refractivity contribution < 1.29 is 14.3 Å². The summed E-state index contributed by atoms with van der Waals surface area (Å²) in [6.07, 6.45) is 0.924. The second kappa shape index (κ2) is 8.23. The number of carbonyl (C=O) groups is 2. The second-order valence-corrected chi connectivity index (χ2v) is 6.78. The number of amides is 2. The molecule has 0 radical (unpaired) electrons. The highest BCUT2D eigenvalue weighted by molar-refractivity contribution is 6.31. The van der Waals surface area contributed by atoms with Gasteiger partial charge in [-0.15, -0.1) is 0 Å². The molecule has 26 heavy (non-hydrogen) atoms. The van der Waals surface area contributed by atoms with E-state index in [2.05, 4.69) is 5.32 Å². The Morgan fingerprint density at radius 1 is 1.23 bits per heavy atom. The largest absolute Gasteiger partial charge is 0.445 e. The zero-order chi connectivity index (χ0) is 18.5. The maximum atomic E-state index is 12.7. The smallest absolute Gasteiger partial charge is 0.410 e. The van der Waals surface area contributed by atoms with Crippen LogP contribution in [0.3, 0.4) is 0 Å². The van der Waals surface area contributed by atoms with Gasteiger partial charge in [-0.25, -0.2) is 4.79 Å². The molecule has 2 aromatic carbocycles. The van der Waals surface area contributed by atoms with Gasteiger partial charge >= 0.3 is 6.09 Å². The van der Waals surface area contributed by atoms with Crippen molar-refractivity contribution in [3.63, 3.8) is 0 Å². The quantitative estimate of drug-likeness (QED) is 0.865. The van der Waals surface area contributed by atoms with E-state index in [1.54, 1.807) is 12.1 Å². The zero-order valence-electron chi connectivity index (χ0n) is 14.6. The lowest BCUT2D eigenvalue weighted by Crippen LogP contribution is -2.43. The number of nitrogens with zero attached hydrogens (tertiary/aromatic N) is 1. The molecule has 0 aliphatic carbocycles. The van der Waals surface area contributed by atoms with Gasteiger partial charge in [-0.05, 0) is 43.0 Å². The summed E-state index contributed by atoms with van der Waals surface area (Å²) in [5.41, 5.74) is 2.49. The number of nitrogens with one attached hydrogen (secondary N) is 1. The lowest BCUT2D eigenvalue weighted by Gasteiger charge is -2.23. The molecule has 1 saturated heterocycles. The molecule has 1 aliphatic heterocycles. The first-order chi connectivity index (χ1) is 12.5. The minimum Gasteiger partial charge on any atom is -0.445 e. The molecule has 1 fully saturated rings. The number of likely N-dealkylation sites (tertiary alicyclic amines) is 1. The van der Waals surface area contributed by atoms with Gasteiger partial charge in [-0.1, -0.05) is 48.0 Å². The fourth-order valence-electron chi connectivity index (χ4n) is 3.00. The monoisotopic (exact) mass is 372 g/mol. The standard InChI is InChI=1S/C20H21ClN2O3/c1-14-9-10-16(21)12-17(14)22-19(24)18-8-5-11-23(18)20(25)26-13-15-6-3-2-4-7-15/h2-4,6-7,9-10,12,18H,5,8,11,13H2,1H3,(H,22,24)/t18-/m0/s1. The number of rotatable bonds is 4. The summed E-state index contributed by atoms with van der Waals surface area (Å²) in [6, 6.07) is 14.3. The Morgan fingerprint density at radius 2 is 2.00 bits per heavy atom. The van der Waals surface area contributed by atoms with Crippen molar-refractivity contribution in [1.29, 1.82) is 0 Å². The molecule has 0 unspecified atom stereocenters. The molecule has 2 amide bonds. The minimum atomic E-state index is -0.531. The number of ether oxygens (including phenoxy) is 1. The van der Waals surface area contributed by atoms with Crippen molar-refractivity contribution in [1.82, 2.24) is 4.90 Å². The van der Waals surface area contributed by atoms with Gasteiger partial charge in [0.15, 0.2) is 0 Å². The SMILES string of the molecule is Cc1ccc(Cl)cc1NC(=O)[C@@H]1CCCN1C(=O)OCc1ccccc1. The first kappa shape index (κ1) is 18.3. The molecule has 0 spiro atoms. The van der Waals surface area contributed by atoms with Crippen LogP contribution in [0.4, 0.5) is 10.5 Å². The molecule has 1 atom stereocenters. The number of aryl methyl sites for hydroxylation is 1. The van der Waals surface area contributed by atoms with Crippen LogP contribution in [0, 0.1) is 6.92 Å². The normalized spacial score (nSPS) is 16.4. The average molecular weight is 373 g/mol. The summed E-state index contributed by atoms with van der Waals surface area (Å²) < 4.78 is 5.37. The molecule has 0 saturated carbocycles. The lowest BCUT2D eigenvalue weighted by molar-refractivity contribution is -0.120. The highest BCUT2D eigenvalue weighted by Gasteiger charge is 2.35. The number of anilines is 1. The Bertz CT molecular complexity index is 795. The molecule has 0 aromatic heterocycles. The number of carbonyl (C=O) groups excluding carboxylic acids is 2. The Kier molecular flexibility index (Phi) is 5.78. The van der Waals surface area contributed by atoms with Crippen LogP contribution >= 0.6 is 11.6 Å². The van der Waals surface area contributed by atoms with Gasteiger partial charge in [-0.2, -0.15) is 0 Å². The van der Waals surface area contributed by atoms with Crippen molar-refractivity contribution in [2.75, 3.05) is 11.9 Å².